The predicted octanol–water partition coefficient (Wildman–Crippen LogP) is 1.59. The first-order chi connectivity index (χ1) is 6.27. The van der Waals surface area contributed by atoms with Crippen LogP contribution in [0.5, 0.6) is 0 Å². The van der Waals surface area contributed by atoms with Crippen molar-refractivity contribution < 1.29 is 4.79 Å². The lowest BCUT2D eigenvalue weighted by Crippen LogP contribution is -2.40. The third kappa shape index (κ3) is 1.79. The van der Waals surface area contributed by atoms with E-state index in [1.807, 2.05) is 4.90 Å². The monoisotopic (exact) mass is 182 g/mol. The normalized spacial score (nSPS) is 34.8. The van der Waals surface area contributed by atoms with Crippen molar-refractivity contribution in [2.75, 3.05) is 13.1 Å². The molecule has 0 aromatic carbocycles. The molecule has 0 atom stereocenters. The van der Waals surface area contributed by atoms with Crippen LogP contribution in [0.25, 0.3) is 0 Å². The number of hydrogen-bond acceptors (Lipinski definition) is 1. The van der Waals surface area contributed by atoms with Gasteiger partial charge in [0.15, 0.2) is 0 Å². The Morgan fingerprint density at radius 3 is 2.54 bits per heavy atom. The van der Waals surface area contributed by atoms with E-state index < -0.39 is 0 Å². The van der Waals surface area contributed by atoms with E-state index in [9.17, 15) is 4.79 Å². The van der Waals surface area contributed by atoms with Crippen LogP contribution in [0.4, 0.5) is 4.79 Å². The first-order valence-corrected chi connectivity index (χ1v) is 5.32. The average Bonchev–Trinajstić information content (AvgIpc) is 2.53. The zero-order chi connectivity index (χ0) is 9.26. The maximum atomic E-state index is 11.4. The molecule has 2 amide bonds. The molecule has 3 heteroatoms. The Balaban J connectivity index is 1.90. The number of carbonyl (C=O) groups is 1. The minimum Gasteiger partial charge on any atom is -0.336 e. The zero-order valence-corrected chi connectivity index (χ0v) is 8.25. The molecular weight excluding hydrogens is 164 g/mol. The maximum absolute atomic E-state index is 11.4. The van der Waals surface area contributed by atoms with Crippen LogP contribution in [-0.2, 0) is 0 Å². The molecule has 74 valence electrons. The number of amides is 2. The van der Waals surface area contributed by atoms with Gasteiger partial charge in [-0.05, 0) is 31.6 Å². The molecule has 0 aromatic rings. The Hall–Kier alpha value is -0.730. The highest BCUT2D eigenvalue weighted by molar-refractivity contribution is 5.76. The first-order valence-electron chi connectivity index (χ1n) is 5.32. The molecule has 0 spiro atoms. The lowest BCUT2D eigenvalue weighted by molar-refractivity contribution is 0.168. The fraction of sp³-hybridized carbons (Fsp3) is 0.900. The van der Waals surface area contributed by atoms with Crippen LogP contribution in [-0.4, -0.2) is 30.1 Å². The fourth-order valence-electron chi connectivity index (χ4n) is 2.39. The van der Waals surface area contributed by atoms with E-state index in [2.05, 4.69) is 12.2 Å². The van der Waals surface area contributed by atoms with Crippen molar-refractivity contribution in [2.45, 2.75) is 38.6 Å². The van der Waals surface area contributed by atoms with Gasteiger partial charge in [0.05, 0.1) is 0 Å². The Kier molecular flexibility index (Phi) is 2.42. The largest absolute Gasteiger partial charge is 0.336 e. The number of rotatable bonds is 1. The van der Waals surface area contributed by atoms with Gasteiger partial charge in [0, 0.05) is 19.1 Å². The van der Waals surface area contributed by atoms with E-state index in [1.54, 1.807) is 0 Å². The highest BCUT2D eigenvalue weighted by Gasteiger charge is 2.29. The first kappa shape index (κ1) is 8.85. The van der Waals surface area contributed by atoms with Crippen molar-refractivity contribution in [3.05, 3.63) is 0 Å². The molecule has 1 aliphatic carbocycles. The molecule has 0 bridgehead atoms. The molecule has 13 heavy (non-hydrogen) atoms. The SMILES string of the molecule is C[C@H]1CC[C@H](N2CCNC2=O)CC1. The van der Waals surface area contributed by atoms with Gasteiger partial charge in [-0.1, -0.05) is 6.92 Å². The van der Waals surface area contributed by atoms with Crippen LogP contribution in [0.2, 0.25) is 0 Å². The van der Waals surface area contributed by atoms with Gasteiger partial charge in [0.1, 0.15) is 0 Å². The van der Waals surface area contributed by atoms with Crippen molar-refractivity contribution in [1.82, 2.24) is 10.2 Å². The van der Waals surface area contributed by atoms with Crippen LogP contribution in [0.15, 0.2) is 0 Å². The Morgan fingerprint density at radius 2 is 2.00 bits per heavy atom. The highest BCUT2D eigenvalue weighted by atomic mass is 16.2. The summed E-state index contributed by atoms with van der Waals surface area (Å²) in [7, 11) is 0. The van der Waals surface area contributed by atoms with Gasteiger partial charge in [-0.15, -0.1) is 0 Å². The summed E-state index contributed by atoms with van der Waals surface area (Å²) in [5, 5.41) is 2.87. The second-order valence-electron chi connectivity index (χ2n) is 4.34. The molecule has 0 aromatic heterocycles. The number of urea groups is 1. The molecular formula is C10H18N2O. The van der Waals surface area contributed by atoms with Gasteiger partial charge in [-0.2, -0.15) is 0 Å². The number of carbonyl (C=O) groups excluding carboxylic acids is 1. The molecule has 2 fully saturated rings. The van der Waals surface area contributed by atoms with E-state index >= 15 is 0 Å². The van der Waals surface area contributed by atoms with Crippen LogP contribution in [0, 0.1) is 5.92 Å². The summed E-state index contributed by atoms with van der Waals surface area (Å²) in [5.74, 6) is 0.863. The lowest BCUT2D eigenvalue weighted by atomic mass is 9.87. The molecule has 2 rings (SSSR count). The summed E-state index contributed by atoms with van der Waals surface area (Å²) >= 11 is 0. The van der Waals surface area contributed by atoms with Crippen LogP contribution >= 0.6 is 0 Å². The molecule has 1 N–H and O–H groups in total. The number of nitrogens with one attached hydrogen (secondary N) is 1. The summed E-state index contributed by atoms with van der Waals surface area (Å²) in [6.45, 7) is 4.06. The van der Waals surface area contributed by atoms with E-state index in [0.717, 1.165) is 19.0 Å². The standard InChI is InChI=1S/C10H18N2O/c1-8-2-4-9(5-3-8)12-7-6-11-10(12)13/h8-9H,2-7H2,1H3,(H,11,13)/t8-,9-. The van der Waals surface area contributed by atoms with E-state index in [1.165, 1.54) is 25.7 Å². The second-order valence-corrected chi connectivity index (χ2v) is 4.34. The van der Waals surface area contributed by atoms with Crippen LogP contribution < -0.4 is 5.32 Å². The van der Waals surface area contributed by atoms with E-state index in [-0.39, 0.29) is 6.03 Å². The molecule has 3 nitrogen and oxygen atoms in total. The van der Waals surface area contributed by atoms with Gasteiger partial charge in [-0.25, -0.2) is 4.79 Å². The minimum atomic E-state index is 0.152. The predicted molar refractivity (Wildman–Crippen MR) is 51.5 cm³/mol. The maximum Gasteiger partial charge on any atom is 0.317 e. The van der Waals surface area contributed by atoms with Gasteiger partial charge in [-0.3, -0.25) is 0 Å². The van der Waals surface area contributed by atoms with Crippen molar-refractivity contribution >= 4 is 6.03 Å². The number of hydrogen-bond donors (Lipinski definition) is 1. The van der Waals surface area contributed by atoms with Crippen LogP contribution in [0.3, 0.4) is 0 Å². The van der Waals surface area contributed by atoms with Gasteiger partial charge < -0.3 is 10.2 Å². The molecule has 0 unspecified atom stereocenters. The molecule has 1 saturated heterocycles. The molecule has 1 saturated carbocycles. The van der Waals surface area contributed by atoms with Crippen LogP contribution in [0.1, 0.15) is 32.6 Å². The van der Waals surface area contributed by atoms with E-state index in [4.69, 9.17) is 0 Å². The summed E-state index contributed by atoms with van der Waals surface area (Å²) < 4.78 is 0. The zero-order valence-electron chi connectivity index (χ0n) is 8.25. The smallest absolute Gasteiger partial charge is 0.317 e. The summed E-state index contributed by atoms with van der Waals surface area (Å²) in [6, 6.07) is 0.679. The third-order valence-electron chi connectivity index (χ3n) is 3.32. The summed E-state index contributed by atoms with van der Waals surface area (Å²) in [6.07, 6.45) is 4.98. The van der Waals surface area contributed by atoms with Gasteiger partial charge in [0.2, 0.25) is 0 Å². The Labute approximate surface area is 79.5 Å². The third-order valence-corrected chi connectivity index (χ3v) is 3.32. The van der Waals surface area contributed by atoms with Gasteiger partial charge in [0.25, 0.3) is 0 Å². The Bertz CT molecular complexity index is 197. The van der Waals surface area contributed by atoms with Gasteiger partial charge >= 0.3 is 6.03 Å². The molecule has 1 heterocycles. The summed E-state index contributed by atoms with van der Waals surface area (Å²) in [5.41, 5.74) is 0. The van der Waals surface area contributed by atoms with Crippen molar-refractivity contribution in [1.29, 1.82) is 0 Å². The highest BCUT2D eigenvalue weighted by Crippen LogP contribution is 2.27. The van der Waals surface area contributed by atoms with Crippen molar-refractivity contribution in [2.24, 2.45) is 5.92 Å². The quantitative estimate of drug-likeness (QED) is 0.656. The minimum absolute atomic E-state index is 0.152. The summed E-state index contributed by atoms with van der Waals surface area (Å²) in [4.78, 5) is 13.4. The molecule has 1 aliphatic heterocycles. The lowest BCUT2D eigenvalue weighted by Gasteiger charge is -2.32. The molecule has 0 radical (unpaired) electrons. The average molecular weight is 182 g/mol. The Morgan fingerprint density at radius 1 is 1.31 bits per heavy atom. The fourth-order valence-corrected chi connectivity index (χ4v) is 2.39. The second kappa shape index (κ2) is 3.56. The van der Waals surface area contributed by atoms with Crippen molar-refractivity contribution in [3.63, 3.8) is 0 Å². The molecule has 2 aliphatic rings. The number of nitrogens with zero attached hydrogens (tertiary/aromatic N) is 1. The van der Waals surface area contributed by atoms with E-state index in [0.29, 0.717) is 6.04 Å². The topological polar surface area (TPSA) is 32.3 Å². The van der Waals surface area contributed by atoms with Crippen molar-refractivity contribution in [3.8, 4) is 0 Å².